The Kier molecular flexibility index (Phi) is 6.14. The van der Waals surface area contributed by atoms with Gasteiger partial charge < -0.3 is 4.90 Å². The van der Waals surface area contributed by atoms with E-state index < -0.39 is 21.8 Å². The van der Waals surface area contributed by atoms with Gasteiger partial charge in [0.25, 0.3) is 11.8 Å². The molecule has 0 bridgehead atoms. The molecule has 9 heteroatoms. The summed E-state index contributed by atoms with van der Waals surface area (Å²) in [5, 5.41) is 0. The maximum atomic E-state index is 12.6. The van der Waals surface area contributed by atoms with Crippen molar-refractivity contribution in [2.75, 3.05) is 25.4 Å². The summed E-state index contributed by atoms with van der Waals surface area (Å²) < 4.78 is 26.7. The molecule has 1 N–H and O–H groups in total. The minimum absolute atomic E-state index is 0.113. The SMILES string of the molecule is CCCCS(=O)(=O)NC1CCN(C(=O)CN2C(=O)c3ccccc3C2=O)CC1. The highest BCUT2D eigenvalue weighted by atomic mass is 32.2. The van der Waals surface area contributed by atoms with Crippen LogP contribution in [0.15, 0.2) is 24.3 Å². The smallest absolute Gasteiger partial charge is 0.262 e. The highest BCUT2D eigenvalue weighted by Gasteiger charge is 2.37. The molecule has 1 aromatic carbocycles. The second kappa shape index (κ2) is 8.40. The maximum Gasteiger partial charge on any atom is 0.262 e. The van der Waals surface area contributed by atoms with E-state index in [0.717, 1.165) is 11.3 Å². The van der Waals surface area contributed by atoms with E-state index in [-0.39, 0.29) is 24.2 Å². The number of piperidine rings is 1. The number of benzene rings is 1. The summed E-state index contributed by atoms with van der Waals surface area (Å²) in [5.74, 6) is -1.09. The molecule has 1 aromatic rings. The lowest BCUT2D eigenvalue weighted by Crippen LogP contribution is -2.49. The average molecular weight is 407 g/mol. The van der Waals surface area contributed by atoms with Crippen LogP contribution in [0.5, 0.6) is 0 Å². The lowest BCUT2D eigenvalue weighted by Gasteiger charge is -2.33. The summed E-state index contributed by atoms with van der Waals surface area (Å²) in [5.41, 5.74) is 0.640. The van der Waals surface area contributed by atoms with Gasteiger partial charge in [0.2, 0.25) is 15.9 Å². The van der Waals surface area contributed by atoms with Crippen molar-refractivity contribution >= 4 is 27.7 Å². The van der Waals surface area contributed by atoms with Gasteiger partial charge in [0.1, 0.15) is 6.54 Å². The molecule has 1 fully saturated rings. The number of imide groups is 1. The van der Waals surface area contributed by atoms with Crippen LogP contribution >= 0.6 is 0 Å². The molecule has 3 rings (SSSR count). The third-order valence-corrected chi connectivity index (χ3v) is 6.65. The molecule has 0 atom stereocenters. The molecular formula is C19H25N3O5S. The lowest BCUT2D eigenvalue weighted by atomic mass is 10.1. The van der Waals surface area contributed by atoms with Gasteiger partial charge in [0.15, 0.2) is 0 Å². The molecule has 2 aliphatic heterocycles. The summed E-state index contributed by atoms with van der Waals surface area (Å²) in [6.45, 7) is 2.43. The van der Waals surface area contributed by atoms with E-state index >= 15 is 0 Å². The fourth-order valence-electron chi connectivity index (χ4n) is 3.51. The highest BCUT2D eigenvalue weighted by molar-refractivity contribution is 7.89. The van der Waals surface area contributed by atoms with E-state index in [1.807, 2.05) is 6.92 Å². The summed E-state index contributed by atoms with van der Waals surface area (Å²) in [7, 11) is -3.30. The van der Waals surface area contributed by atoms with Crippen LogP contribution in [-0.2, 0) is 14.8 Å². The number of fused-ring (bicyclic) bond motifs is 1. The van der Waals surface area contributed by atoms with E-state index in [2.05, 4.69) is 4.72 Å². The molecule has 2 aliphatic rings. The Morgan fingerprint density at radius 1 is 1.11 bits per heavy atom. The van der Waals surface area contributed by atoms with E-state index in [0.29, 0.717) is 43.5 Å². The molecule has 0 saturated carbocycles. The molecule has 8 nitrogen and oxygen atoms in total. The zero-order valence-electron chi connectivity index (χ0n) is 15.9. The van der Waals surface area contributed by atoms with Crippen LogP contribution in [0, 0.1) is 0 Å². The van der Waals surface area contributed by atoms with E-state index in [4.69, 9.17) is 0 Å². The molecule has 2 heterocycles. The molecule has 0 unspecified atom stereocenters. The van der Waals surface area contributed by atoms with Gasteiger partial charge in [-0.2, -0.15) is 0 Å². The Hall–Kier alpha value is -2.26. The fourth-order valence-corrected chi connectivity index (χ4v) is 5.04. The quantitative estimate of drug-likeness (QED) is 0.679. The minimum atomic E-state index is -3.30. The molecular weight excluding hydrogens is 382 g/mol. The molecule has 3 amide bonds. The second-order valence-electron chi connectivity index (χ2n) is 7.19. The monoisotopic (exact) mass is 407 g/mol. The molecule has 28 heavy (non-hydrogen) atoms. The number of hydrogen-bond acceptors (Lipinski definition) is 5. The maximum absolute atomic E-state index is 12.6. The molecule has 0 aromatic heterocycles. The van der Waals surface area contributed by atoms with Crippen LogP contribution in [0.4, 0.5) is 0 Å². The zero-order chi connectivity index (χ0) is 20.3. The first-order chi connectivity index (χ1) is 13.3. The van der Waals surface area contributed by atoms with Gasteiger partial charge >= 0.3 is 0 Å². The molecule has 1 saturated heterocycles. The third-order valence-electron chi connectivity index (χ3n) is 5.13. The number of carbonyl (C=O) groups excluding carboxylic acids is 3. The normalized spacial score (nSPS) is 17.9. The Labute approximate surface area is 164 Å². The van der Waals surface area contributed by atoms with Gasteiger partial charge in [-0.3, -0.25) is 19.3 Å². The minimum Gasteiger partial charge on any atom is -0.341 e. The topological polar surface area (TPSA) is 104 Å². The number of nitrogens with zero attached hydrogens (tertiary/aromatic N) is 2. The van der Waals surface area contributed by atoms with Crippen molar-refractivity contribution in [3.05, 3.63) is 35.4 Å². The second-order valence-corrected chi connectivity index (χ2v) is 9.06. The van der Waals surface area contributed by atoms with Crippen molar-refractivity contribution < 1.29 is 22.8 Å². The van der Waals surface area contributed by atoms with Gasteiger partial charge in [-0.05, 0) is 31.4 Å². The van der Waals surface area contributed by atoms with Crippen LogP contribution in [0.25, 0.3) is 0 Å². The van der Waals surface area contributed by atoms with Crippen molar-refractivity contribution in [1.29, 1.82) is 0 Å². The van der Waals surface area contributed by atoms with Crippen LogP contribution in [0.2, 0.25) is 0 Å². The average Bonchev–Trinajstić information content (AvgIpc) is 2.92. The third kappa shape index (κ3) is 4.41. The molecule has 0 aliphatic carbocycles. The Morgan fingerprint density at radius 3 is 2.21 bits per heavy atom. The number of nitrogens with one attached hydrogen (secondary N) is 1. The van der Waals surface area contributed by atoms with Crippen molar-refractivity contribution in [2.45, 2.75) is 38.6 Å². The summed E-state index contributed by atoms with van der Waals surface area (Å²) in [6, 6.07) is 6.33. The number of unbranched alkanes of at least 4 members (excludes halogenated alkanes) is 1. The van der Waals surface area contributed by atoms with E-state index in [1.165, 1.54) is 0 Å². The van der Waals surface area contributed by atoms with Crippen molar-refractivity contribution in [3.63, 3.8) is 0 Å². The molecule has 0 radical (unpaired) electrons. The van der Waals surface area contributed by atoms with Crippen molar-refractivity contribution in [1.82, 2.24) is 14.5 Å². The van der Waals surface area contributed by atoms with Crippen LogP contribution in [-0.4, -0.2) is 67.4 Å². The predicted molar refractivity (Wildman–Crippen MR) is 103 cm³/mol. The van der Waals surface area contributed by atoms with Gasteiger partial charge in [-0.1, -0.05) is 25.5 Å². The Bertz CT molecular complexity index is 840. The Balaban J connectivity index is 1.52. The fraction of sp³-hybridized carbons (Fsp3) is 0.526. The number of sulfonamides is 1. The standard InChI is InChI=1S/C19H25N3O5S/c1-2-3-12-28(26,27)20-14-8-10-21(11-9-14)17(23)13-22-18(24)15-6-4-5-7-16(15)19(22)25/h4-7,14,20H,2-3,8-13H2,1H3. The number of amides is 3. The first kappa shape index (κ1) is 20.5. The first-order valence-electron chi connectivity index (χ1n) is 9.55. The first-order valence-corrected chi connectivity index (χ1v) is 11.2. The van der Waals surface area contributed by atoms with Crippen LogP contribution in [0.3, 0.4) is 0 Å². The number of likely N-dealkylation sites (tertiary alicyclic amines) is 1. The summed E-state index contributed by atoms with van der Waals surface area (Å²) in [6.07, 6.45) is 2.46. The van der Waals surface area contributed by atoms with Crippen LogP contribution < -0.4 is 4.72 Å². The number of hydrogen-bond donors (Lipinski definition) is 1. The van der Waals surface area contributed by atoms with Gasteiger partial charge in [-0.25, -0.2) is 13.1 Å². The summed E-state index contributed by atoms with van der Waals surface area (Å²) in [4.78, 5) is 39.9. The van der Waals surface area contributed by atoms with Gasteiger partial charge in [0.05, 0.1) is 16.9 Å². The van der Waals surface area contributed by atoms with Gasteiger partial charge in [-0.15, -0.1) is 0 Å². The Morgan fingerprint density at radius 2 is 1.68 bits per heavy atom. The highest BCUT2D eigenvalue weighted by Crippen LogP contribution is 2.22. The number of rotatable bonds is 7. The lowest BCUT2D eigenvalue weighted by molar-refractivity contribution is -0.132. The molecule has 0 spiro atoms. The summed E-state index contributed by atoms with van der Waals surface area (Å²) >= 11 is 0. The van der Waals surface area contributed by atoms with Crippen molar-refractivity contribution in [2.24, 2.45) is 0 Å². The number of carbonyl (C=O) groups is 3. The van der Waals surface area contributed by atoms with E-state index in [1.54, 1.807) is 29.2 Å². The largest absolute Gasteiger partial charge is 0.341 e. The molecule has 152 valence electrons. The zero-order valence-corrected chi connectivity index (χ0v) is 16.7. The van der Waals surface area contributed by atoms with Gasteiger partial charge in [0, 0.05) is 19.1 Å². The van der Waals surface area contributed by atoms with Crippen molar-refractivity contribution in [3.8, 4) is 0 Å². The predicted octanol–water partition coefficient (Wildman–Crippen LogP) is 0.993. The van der Waals surface area contributed by atoms with Crippen LogP contribution in [0.1, 0.15) is 53.3 Å². The van der Waals surface area contributed by atoms with E-state index in [9.17, 15) is 22.8 Å².